The number of aromatic nitrogens is 3. The molecule has 3 aromatic rings. The second-order valence-electron chi connectivity index (χ2n) is 3.91. The van der Waals surface area contributed by atoms with Gasteiger partial charge in [0.2, 0.25) is 5.95 Å². The molecule has 3 heterocycles. The number of aromatic amines is 1. The van der Waals surface area contributed by atoms with Crippen LogP contribution in [0, 0.1) is 5.95 Å². The third kappa shape index (κ3) is 2.13. The van der Waals surface area contributed by atoms with Gasteiger partial charge in [-0.3, -0.25) is 4.79 Å². The first-order valence-electron chi connectivity index (χ1n) is 5.52. The summed E-state index contributed by atoms with van der Waals surface area (Å²) in [5, 5.41) is 0. The van der Waals surface area contributed by atoms with Crippen molar-refractivity contribution in [3.63, 3.8) is 0 Å². The van der Waals surface area contributed by atoms with Gasteiger partial charge in [-0.25, -0.2) is 9.97 Å². The zero-order valence-electron chi connectivity index (χ0n) is 9.68. The Bertz CT molecular complexity index is 811. The van der Waals surface area contributed by atoms with Crippen LogP contribution in [0.4, 0.5) is 4.39 Å². The van der Waals surface area contributed by atoms with Crippen LogP contribution in [0.15, 0.2) is 29.2 Å². The lowest BCUT2D eigenvalue weighted by atomic mass is 10.2. The summed E-state index contributed by atoms with van der Waals surface area (Å²) in [7, 11) is 0. The molecule has 0 spiro atoms. The standard InChI is InChI=1S/C12H9FN4OS/c13-9-3-6(1-2-15-9)8-4-7-11(19-8)12(18)17-10(5-14)16-7/h1-4H,5,14H2,(H,16,17,18). The van der Waals surface area contributed by atoms with E-state index >= 15 is 0 Å². The lowest BCUT2D eigenvalue weighted by molar-refractivity contribution is 0.584. The van der Waals surface area contributed by atoms with Crippen LogP contribution in [0.3, 0.4) is 0 Å². The van der Waals surface area contributed by atoms with E-state index < -0.39 is 5.95 Å². The molecular weight excluding hydrogens is 267 g/mol. The van der Waals surface area contributed by atoms with Crippen molar-refractivity contribution >= 4 is 21.6 Å². The van der Waals surface area contributed by atoms with E-state index in [9.17, 15) is 9.18 Å². The van der Waals surface area contributed by atoms with Crippen molar-refractivity contribution in [3.8, 4) is 10.4 Å². The molecule has 0 unspecified atom stereocenters. The fourth-order valence-corrected chi connectivity index (χ4v) is 2.77. The summed E-state index contributed by atoms with van der Waals surface area (Å²) in [6.45, 7) is 0.167. The molecule has 3 aromatic heterocycles. The highest BCUT2D eigenvalue weighted by Crippen LogP contribution is 2.30. The first-order chi connectivity index (χ1) is 9.17. The summed E-state index contributed by atoms with van der Waals surface area (Å²) in [5.74, 6) is -0.123. The van der Waals surface area contributed by atoms with Gasteiger partial charge in [0.05, 0.1) is 12.1 Å². The Morgan fingerprint density at radius 1 is 1.42 bits per heavy atom. The van der Waals surface area contributed by atoms with Crippen molar-refractivity contribution in [2.75, 3.05) is 0 Å². The van der Waals surface area contributed by atoms with E-state index in [-0.39, 0.29) is 12.1 Å². The Balaban J connectivity index is 2.22. The number of hydrogen-bond donors (Lipinski definition) is 2. The maximum atomic E-state index is 13.1. The van der Waals surface area contributed by atoms with Gasteiger partial charge < -0.3 is 10.7 Å². The van der Waals surface area contributed by atoms with Gasteiger partial charge in [0.25, 0.3) is 5.56 Å². The van der Waals surface area contributed by atoms with Crippen LogP contribution in [0.1, 0.15) is 5.82 Å². The summed E-state index contributed by atoms with van der Waals surface area (Å²) in [6, 6.07) is 4.76. The van der Waals surface area contributed by atoms with Crippen molar-refractivity contribution in [1.82, 2.24) is 15.0 Å². The van der Waals surface area contributed by atoms with Gasteiger partial charge in [-0.2, -0.15) is 4.39 Å². The van der Waals surface area contributed by atoms with E-state index in [4.69, 9.17) is 5.73 Å². The van der Waals surface area contributed by atoms with Gasteiger partial charge in [0, 0.05) is 17.1 Å². The fourth-order valence-electron chi connectivity index (χ4n) is 1.78. The van der Waals surface area contributed by atoms with Gasteiger partial charge in [0.1, 0.15) is 10.5 Å². The number of halogens is 1. The van der Waals surface area contributed by atoms with Crippen LogP contribution in [-0.4, -0.2) is 15.0 Å². The van der Waals surface area contributed by atoms with E-state index in [1.807, 2.05) is 0 Å². The van der Waals surface area contributed by atoms with Crippen LogP contribution in [0.5, 0.6) is 0 Å². The number of thiophene rings is 1. The number of nitrogens with one attached hydrogen (secondary N) is 1. The number of nitrogens with zero attached hydrogens (tertiary/aromatic N) is 2. The number of hydrogen-bond acceptors (Lipinski definition) is 5. The number of pyridine rings is 1. The molecular formula is C12H9FN4OS. The molecule has 19 heavy (non-hydrogen) atoms. The predicted molar refractivity (Wildman–Crippen MR) is 71.3 cm³/mol. The minimum absolute atomic E-state index is 0.167. The van der Waals surface area contributed by atoms with Crippen LogP contribution in [0.2, 0.25) is 0 Å². The van der Waals surface area contributed by atoms with Crippen molar-refractivity contribution in [1.29, 1.82) is 0 Å². The molecule has 0 saturated heterocycles. The maximum Gasteiger partial charge on any atom is 0.268 e. The third-order valence-corrected chi connectivity index (χ3v) is 3.81. The average molecular weight is 276 g/mol. The molecule has 3 rings (SSSR count). The van der Waals surface area contributed by atoms with E-state index in [1.165, 1.54) is 23.6 Å². The normalized spacial score (nSPS) is 11.1. The minimum atomic E-state index is -0.556. The predicted octanol–water partition coefficient (Wildman–Crippen LogP) is 1.64. The second-order valence-corrected chi connectivity index (χ2v) is 4.96. The molecule has 3 N–H and O–H groups in total. The van der Waals surface area contributed by atoms with E-state index in [1.54, 1.807) is 12.1 Å². The Morgan fingerprint density at radius 3 is 3.00 bits per heavy atom. The molecule has 0 aromatic carbocycles. The highest BCUT2D eigenvalue weighted by molar-refractivity contribution is 7.22. The number of H-pyrrole nitrogens is 1. The molecule has 0 aliphatic rings. The number of nitrogens with two attached hydrogens (primary N) is 1. The molecule has 7 heteroatoms. The van der Waals surface area contributed by atoms with Crippen LogP contribution >= 0.6 is 11.3 Å². The smallest absolute Gasteiger partial charge is 0.268 e. The van der Waals surface area contributed by atoms with Gasteiger partial charge in [-0.05, 0) is 17.7 Å². The largest absolute Gasteiger partial charge is 0.324 e. The highest BCUT2D eigenvalue weighted by Gasteiger charge is 2.10. The topological polar surface area (TPSA) is 84.7 Å². The van der Waals surface area contributed by atoms with Crippen molar-refractivity contribution in [2.45, 2.75) is 6.54 Å². The zero-order chi connectivity index (χ0) is 13.4. The van der Waals surface area contributed by atoms with Gasteiger partial charge in [-0.1, -0.05) is 0 Å². The summed E-state index contributed by atoms with van der Waals surface area (Å²) >= 11 is 1.26. The second kappa shape index (κ2) is 4.52. The van der Waals surface area contributed by atoms with Gasteiger partial charge in [-0.15, -0.1) is 11.3 Å². The number of fused-ring (bicyclic) bond motifs is 1. The quantitative estimate of drug-likeness (QED) is 0.697. The van der Waals surface area contributed by atoms with Crippen molar-refractivity contribution < 1.29 is 4.39 Å². The lowest BCUT2D eigenvalue weighted by Gasteiger charge is -1.94. The van der Waals surface area contributed by atoms with Crippen molar-refractivity contribution in [3.05, 3.63) is 46.5 Å². The van der Waals surface area contributed by atoms with E-state index in [0.717, 1.165) is 4.88 Å². The first kappa shape index (κ1) is 11.9. The average Bonchev–Trinajstić information content (AvgIpc) is 2.83. The van der Waals surface area contributed by atoms with Crippen LogP contribution in [-0.2, 0) is 6.54 Å². The molecule has 0 aliphatic heterocycles. The fraction of sp³-hybridized carbons (Fsp3) is 0.0833. The Kier molecular flexibility index (Phi) is 2.84. The Labute approximate surface area is 111 Å². The van der Waals surface area contributed by atoms with E-state index in [0.29, 0.717) is 21.6 Å². The molecule has 0 atom stereocenters. The Morgan fingerprint density at radius 2 is 2.26 bits per heavy atom. The molecule has 5 nitrogen and oxygen atoms in total. The SMILES string of the molecule is NCc1nc2cc(-c3ccnc(F)c3)sc2c(=O)[nH]1. The molecule has 0 radical (unpaired) electrons. The number of rotatable bonds is 2. The van der Waals surface area contributed by atoms with Crippen molar-refractivity contribution in [2.24, 2.45) is 5.73 Å². The summed E-state index contributed by atoms with van der Waals surface area (Å²) < 4.78 is 13.6. The summed E-state index contributed by atoms with van der Waals surface area (Å²) in [4.78, 5) is 23.0. The first-order valence-corrected chi connectivity index (χ1v) is 6.34. The highest BCUT2D eigenvalue weighted by atomic mass is 32.1. The van der Waals surface area contributed by atoms with Crippen LogP contribution < -0.4 is 11.3 Å². The maximum absolute atomic E-state index is 13.1. The minimum Gasteiger partial charge on any atom is -0.324 e. The third-order valence-electron chi connectivity index (χ3n) is 2.64. The van der Waals surface area contributed by atoms with E-state index in [2.05, 4.69) is 15.0 Å². The van der Waals surface area contributed by atoms with Gasteiger partial charge in [0.15, 0.2) is 0 Å². The molecule has 0 fully saturated rings. The Hall–Kier alpha value is -2.12. The monoisotopic (exact) mass is 276 g/mol. The lowest BCUT2D eigenvalue weighted by Crippen LogP contribution is -2.12. The van der Waals surface area contributed by atoms with Crippen LogP contribution in [0.25, 0.3) is 20.7 Å². The molecule has 0 saturated carbocycles. The summed E-state index contributed by atoms with van der Waals surface area (Å²) in [6.07, 6.45) is 1.39. The summed E-state index contributed by atoms with van der Waals surface area (Å²) in [5.41, 5.74) is 6.48. The van der Waals surface area contributed by atoms with Gasteiger partial charge >= 0.3 is 0 Å². The molecule has 96 valence electrons. The molecule has 0 amide bonds. The zero-order valence-corrected chi connectivity index (χ0v) is 10.5. The molecule has 0 bridgehead atoms. The molecule has 0 aliphatic carbocycles.